The summed E-state index contributed by atoms with van der Waals surface area (Å²) in [5.41, 5.74) is 0. The van der Waals surface area contributed by atoms with Gasteiger partial charge in [0, 0.05) is 31.2 Å². The topological polar surface area (TPSA) is 15.3 Å². The molecule has 0 radical (unpaired) electrons. The van der Waals surface area contributed by atoms with Crippen LogP contribution in [0, 0.1) is 17.8 Å². The van der Waals surface area contributed by atoms with Gasteiger partial charge in [-0.25, -0.2) is 0 Å². The quantitative estimate of drug-likeness (QED) is 0.840. The first kappa shape index (κ1) is 16.3. The molecular weight excluding hydrogens is 244 g/mol. The number of piperazine rings is 1. The van der Waals surface area contributed by atoms with Crippen LogP contribution in [0.4, 0.5) is 0 Å². The molecule has 118 valence electrons. The highest BCUT2D eigenvalue weighted by Crippen LogP contribution is 2.32. The molecule has 2 fully saturated rings. The van der Waals surface area contributed by atoms with Crippen molar-refractivity contribution in [3.05, 3.63) is 0 Å². The Bertz CT molecular complexity index is 281. The first-order valence-electron chi connectivity index (χ1n) is 8.99. The van der Waals surface area contributed by atoms with E-state index in [-0.39, 0.29) is 0 Å². The van der Waals surface area contributed by atoms with Crippen molar-refractivity contribution in [3.63, 3.8) is 0 Å². The van der Waals surface area contributed by atoms with E-state index in [1.165, 1.54) is 45.2 Å². The number of rotatable bonds is 4. The van der Waals surface area contributed by atoms with Crippen LogP contribution in [-0.4, -0.2) is 36.1 Å². The molecule has 0 aromatic carbocycles. The van der Waals surface area contributed by atoms with Crippen LogP contribution in [-0.2, 0) is 0 Å². The van der Waals surface area contributed by atoms with Crippen LogP contribution in [0.2, 0.25) is 0 Å². The summed E-state index contributed by atoms with van der Waals surface area (Å²) in [5, 5.41) is 3.80. The van der Waals surface area contributed by atoms with E-state index in [9.17, 15) is 0 Å². The average Bonchev–Trinajstić information content (AvgIpc) is 2.46. The predicted molar refractivity (Wildman–Crippen MR) is 88.0 cm³/mol. The van der Waals surface area contributed by atoms with Gasteiger partial charge in [-0.3, -0.25) is 4.90 Å². The van der Waals surface area contributed by atoms with Gasteiger partial charge in [-0.05, 0) is 37.5 Å². The van der Waals surface area contributed by atoms with Crippen molar-refractivity contribution in [2.75, 3.05) is 13.1 Å². The van der Waals surface area contributed by atoms with E-state index in [0.29, 0.717) is 6.04 Å². The smallest absolute Gasteiger partial charge is 0.0247 e. The monoisotopic (exact) mass is 280 g/mol. The lowest BCUT2D eigenvalue weighted by atomic mass is 9.82. The third-order valence-electron chi connectivity index (χ3n) is 5.85. The first-order chi connectivity index (χ1) is 9.50. The molecule has 1 saturated carbocycles. The maximum Gasteiger partial charge on any atom is 0.0247 e. The van der Waals surface area contributed by atoms with Crippen LogP contribution in [0.1, 0.15) is 66.7 Å². The Morgan fingerprint density at radius 2 is 1.55 bits per heavy atom. The predicted octanol–water partition coefficient (Wildman–Crippen LogP) is 3.91. The molecule has 1 N–H and O–H groups in total. The van der Waals surface area contributed by atoms with Crippen molar-refractivity contribution < 1.29 is 0 Å². The van der Waals surface area contributed by atoms with Crippen LogP contribution in [0.3, 0.4) is 0 Å². The number of hydrogen-bond donors (Lipinski definition) is 1. The molecule has 2 nitrogen and oxygen atoms in total. The molecular formula is C18H36N2. The van der Waals surface area contributed by atoms with Gasteiger partial charge in [0.1, 0.15) is 0 Å². The zero-order chi connectivity index (χ0) is 14.7. The second kappa shape index (κ2) is 7.26. The lowest BCUT2D eigenvalue weighted by molar-refractivity contribution is 0.0208. The number of nitrogens with zero attached hydrogens (tertiary/aromatic N) is 1. The molecule has 0 aromatic rings. The molecule has 0 amide bonds. The normalized spacial score (nSPS) is 31.9. The zero-order valence-electron chi connectivity index (χ0n) is 14.4. The maximum absolute atomic E-state index is 3.80. The van der Waals surface area contributed by atoms with E-state index in [4.69, 9.17) is 0 Å². The van der Waals surface area contributed by atoms with Gasteiger partial charge in [-0.2, -0.15) is 0 Å². The third kappa shape index (κ3) is 3.76. The summed E-state index contributed by atoms with van der Waals surface area (Å²) >= 11 is 0. The zero-order valence-corrected chi connectivity index (χ0v) is 14.4. The molecule has 1 saturated heterocycles. The highest BCUT2D eigenvalue weighted by Gasteiger charge is 2.36. The molecule has 0 aromatic heterocycles. The Hall–Kier alpha value is -0.0800. The van der Waals surface area contributed by atoms with E-state index in [2.05, 4.69) is 44.8 Å². The van der Waals surface area contributed by atoms with Gasteiger partial charge in [-0.1, -0.05) is 47.0 Å². The summed E-state index contributed by atoms with van der Waals surface area (Å²) in [5.74, 6) is 2.43. The van der Waals surface area contributed by atoms with E-state index in [1.807, 2.05) is 0 Å². The molecule has 3 unspecified atom stereocenters. The van der Waals surface area contributed by atoms with Crippen molar-refractivity contribution >= 4 is 0 Å². The van der Waals surface area contributed by atoms with E-state index in [0.717, 1.165) is 29.8 Å². The lowest BCUT2D eigenvalue weighted by Gasteiger charge is -2.49. The van der Waals surface area contributed by atoms with Gasteiger partial charge in [0.05, 0.1) is 0 Å². The molecule has 2 rings (SSSR count). The molecule has 0 spiro atoms. The summed E-state index contributed by atoms with van der Waals surface area (Å²) in [6, 6.07) is 2.17. The summed E-state index contributed by atoms with van der Waals surface area (Å²) in [4.78, 5) is 2.86. The van der Waals surface area contributed by atoms with Crippen molar-refractivity contribution in [3.8, 4) is 0 Å². The summed E-state index contributed by atoms with van der Waals surface area (Å²) in [6.45, 7) is 14.4. The van der Waals surface area contributed by atoms with Crippen molar-refractivity contribution in [2.45, 2.75) is 84.8 Å². The van der Waals surface area contributed by atoms with Gasteiger partial charge in [0.15, 0.2) is 0 Å². The van der Waals surface area contributed by atoms with Gasteiger partial charge >= 0.3 is 0 Å². The molecule has 3 atom stereocenters. The second-order valence-electron chi connectivity index (χ2n) is 7.91. The van der Waals surface area contributed by atoms with E-state index < -0.39 is 0 Å². The van der Waals surface area contributed by atoms with Gasteiger partial charge in [0.25, 0.3) is 0 Å². The van der Waals surface area contributed by atoms with Crippen LogP contribution < -0.4 is 5.32 Å². The molecule has 1 aliphatic carbocycles. The summed E-state index contributed by atoms with van der Waals surface area (Å²) in [7, 11) is 0. The van der Waals surface area contributed by atoms with E-state index >= 15 is 0 Å². The summed E-state index contributed by atoms with van der Waals surface area (Å²) < 4.78 is 0. The van der Waals surface area contributed by atoms with Gasteiger partial charge in [-0.15, -0.1) is 0 Å². The average molecular weight is 280 g/mol. The minimum absolute atomic E-state index is 0.677. The second-order valence-corrected chi connectivity index (χ2v) is 7.91. The van der Waals surface area contributed by atoms with E-state index in [1.54, 1.807) is 0 Å². The molecule has 0 bridgehead atoms. The van der Waals surface area contributed by atoms with Crippen LogP contribution in [0.25, 0.3) is 0 Å². The van der Waals surface area contributed by atoms with Crippen LogP contribution in [0.5, 0.6) is 0 Å². The van der Waals surface area contributed by atoms with Crippen molar-refractivity contribution in [2.24, 2.45) is 17.8 Å². The Kier molecular flexibility index (Phi) is 5.92. The minimum atomic E-state index is 0.677. The first-order valence-corrected chi connectivity index (χ1v) is 8.99. The largest absolute Gasteiger partial charge is 0.311 e. The molecule has 2 aliphatic rings. The van der Waals surface area contributed by atoms with Crippen LogP contribution in [0.15, 0.2) is 0 Å². The molecule has 1 heterocycles. The Morgan fingerprint density at radius 1 is 0.900 bits per heavy atom. The van der Waals surface area contributed by atoms with Crippen molar-refractivity contribution in [1.29, 1.82) is 0 Å². The van der Waals surface area contributed by atoms with Gasteiger partial charge < -0.3 is 5.32 Å². The summed E-state index contributed by atoms with van der Waals surface area (Å²) in [6.07, 6.45) is 7.31. The highest BCUT2D eigenvalue weighted by molar-refractivity contribution is 4.93. The van der Waals surface area contributed by atoms with Crippen LogP contribution >= 0.6 is 0 Å². The Labute approximate surface area is 126 Å². The standard InChI is InChI=1S/C18H36N2/c1-13(2)17-12-20(18(11-19-17)14(3)4)15(5)16-9-7-6-8-10-16/h13-19H,6-12H2,1-5H3. The van der Waals surface area contributed by atoms with Crippen molar-refractivity contribution in [1.82, 2.24) is 10.2 Å². The highest BCUT2D eigenvalue weighted by atomic mass is 15.3. The fourth-order valence-corrected chi connectivity index (χ4v) is 4.24. The minimum Gasteiger partial charge on any atom is -0.311 e. The molecule has 2 heteroatoms. The number of nitrogens with one attached hydrogen (secondary N) is 1. The molecule has 20 heavy (non-hydrogen) atoms. The Balaban J connectivity index is 2.05. The maximum atomic E-state index is 3.80. The fourth-order valence-electron chi connectivity index (χ4n) is 4.24. The molecule has 1 aliphatic heterocycles. The SMILES string of the molecule is CC(C)C1CN(C(C)C2CCCCC2)C(C(C)C)CN1. The third-order valence-corrected chi connectivity index (χ3v) is 5.85. The fraction of sp³-hybridized carbons (Fsp3) is 1.00. The number of hydrogen-bond acceptors (Lipinski definition) is 2. The lowest BCUT2D eigenvalue weighted by Crippen LogP contribution is -2.62. The van der Waals surface area contributed by atoms with Gasteiger partial charge in [0.2, 0.25) is 0 Å². The Morgan fingerprint density at radius 3 is 2.10 bits per heavy atom.